The first kappa shape index (κ1) is 15.5. The van der Waals surface area contributed by atoms with E-state index in [0.717, 1.165) is 19.5 Å². The molecule has 2 heterocycles. The van der Waals surface area contributed by atoms with Crippen LogP contribution in [0, 0.1) is 0 Å². The Hall–Kier alpha value is -2.40. The van der Waals surface area contributed by atoms with Crippen LogP contribution in [0.2, 0.25) is 0 Å². The second-order valence-corrected chi connectivity index (χ2v) is 5.95. The summed E-state index contributed by atoms with van der Waals surface area (Å²) in [4.78, 5) is 28.8. The number of amides is 1. The molecule has 1 amide bonds. The lowest BCUT2D eigenvalue weighted by atomic mass is 10.1. The first-order valence-corrected chi connectivity index (χ1v) is 7.92. The van der Waals surface area contributed by atoms with Gasteiger partial charge in [-0.2, -0.15) is 0 Å². The fraction of sp³-hybridized carbons (Fsp3) is 0.333. The van der Waals surface area contributed by atoms with E-state index in [1.165, 1.54) is 11.8 Å². The molecule has 2 unspecified atom stereocenters. The summed E-state index contributed by atoms with van der Waals surface area (Å²) in [7, 11) is 0. The van der Waals surface area contributed by atoms with E-state index >= 15 is 0 Å². The zero-order valence-electron chi connectivity index (χ0n) is 13.2. The summed E-state index contributed by atoms with van der Waals surface area (Å²) in [5, 5.41) is 2.97. The minimum atomic E-state index is -0.350. The Labute approximate surface area is 135 Å². The van der Waals surface area contributed by atoms with E-state index in [4.69, 9.17) is 0 Å². The van der Waals surface area contributed by atoms with Crippen molar-refractivity contribution in [1.29, 1.82) is 0 Å². The van der Waals surface area contributed by atoms with Gasteiger partial charge in [-0.15, -0.1) is 0 Å². The SMILES string of the molecule is CC(c1ccccc1)N1CCC(NC(=O)c2ccc[nH]c2=O)C1. The molecular formula is C18H21N3O2. The molecule has 1 aliphatic heterocycles. The summed E-state index contributed by atoms with van der Waals surface area (Å²) in [6.45, 7) is 3.92. The molecule has 0 bridgehead atoms. The van der Waals surface area contributed by atoms with Gasteiger partial charge in [0, 0.05) is 31.4 Å². The summed E-state index contributed by atoms with van der Waals surface area (Å²) in [6.07, 6.45) is 2.42. The Balaban J connectivity index is 1.61. The standard InChI is InChI=1S/C18H21N3O2/c1-13(14-6-3-2-4-7-14)21-11-9-15(12-21)20-18(23)16-8-5-10-19-17(16)22/h2-8,10,13,15H,9,11-12H2,1H3,(H,19,22)(H,20,23). The van der Waals surface area contributed by atoms with Crippen molar-refractivity contribution in [3.05, 3.63) is 70.1 Å². The Kier molecular flexibility index (Phi) is 4.57. The van der Waals surface area contributed by atoms with Crippen molar-refractivity contribution in [3.63, 3.8) is 0 Å². The fourth-order valence-electron chi connectivity index (χ4n) is 3.06. The first-order chi connectivity index (χ1) is 11.1. The highest BCUT2D eigenvalue weighted by molar-refractivity contribution is 5.93. The molecule has 5 nitrogen and oxygen atoms in total. The van der Waals surface area contributed by atoms with Crippen LogP contribution in [-0.4, -0.2) is 34.9 Å². The van der Waals surface area contributed by atoms with Crippen molar-refractivity contribution in [2.75, 3.05) is 13.1 Å². The number of carbonyl (C=O) groups excluding carboxylic acids is 1. The van der Waals surface area contributed by atoms with Crippen molar-refractivity contribution < 1.29 is 4.79 Å². The van der Waals surface area contributed by atoms with Gasteiger partial charge in [-0.3, -0.25) is 14.5 Å². The lowest BCUT2D eigenvalue weighted by molar-refractivity contribution is 0.0935. The molecule has 1 fully saturated rings. The highest BCUT2D eigenvalue weighted by Crippen LogP contribution is 2.24. The summed E-state index contributed by atoms with van der Waals surface area (Å²) >= 11 is 0. The quantitative estimate of drug-likeness (QED) is 0.907. The zero-order valence-corrected chi connectivity index (χ0v) is 13.2. The number of nitrogens with zero attached hydrogens (tertiary/aromatic N) is 1. The molecule has 0 radical (unpaired) electrons. The second kappa shape index (κ2) is 6.79. The number of rotatable bonds is 4. The van der Waals surface area contributed by atoms with Crippen LogP contribution < -0.4 is 10.9 Å². The van der Waals surface area contributed by atoms with Gasteiger partial charge in [0.2, 0.25) is 0 Å². The van der Waals surface area contributed by atoms with Crippen LogP contribution in [0.4, 0.5) is 0 Å². The number of nitrogens with one attached hydrogen (secondary N) is 2. The summed E-state index contributed by atoms with van der Waals surface area (Å²) in [5.41, 5.74) is 1.10. The average Bonchev–Trinajstić information content (AvgIpc) is 3.03. The third kappa shape index (κ3) is 3.51. The fourth-order valence-corrected chi connectivity index (χ4v) is 3.06. The lowest BCUT2D eigenvalue weighted by Crippen LogP contribution is -2.39. The van der Waals surface area contributed by atoms with Crippen LogP contribution in [0.3, 0.4) is 0 Å². The number of aromatic amines is 1. The van der Waals surface area contributed by atoms with Crippen molar-refractivity contribution in [3.8, 4) is 0 Å². The summed E-state index contributed by atoms with van der Waals surface area (Å²) in [5.74, 6) is -0.300. The molecule has 2 aromatic rings. The zero-order chi connectivity index (χ0) is 16.2. The molecule has 5 heteroatoms. The number of H-pyrrole nitrogens is 1. The van der Waals surface area contributed by atoms with E-state index in [2.05, 4.69) is 34.3 Å². The lowest BCUT2D eigenvalue weighted by Gasteiger charge is -2.24. The van der Waals surface area contributed by atoms with Gasteiger partial charge in [0.25, 0.3) is 11.5 Å². The maximum absolute atomic E-state index is 12.2. The maximum atomic E-state index is 12.2. The first-order valence-electron chi connectivity index (χ1n) is 7.92. The number of aromatic nitrogens is 1. The Morgan fingerprint density at radius 1 is 1.26 bits per heavy atom. The van der Waals surface area contributed by atoms with Crippen LogP contribution in [-0.2, 0) is 0 Å². The van der Waals surface area contributed by atoms with Crippen molar-refractivity contribution in [2.24, 2.45) is 0 Å². The van der Waals surface area contributed by atoms with Gasteiger partial charge in [-0.25, -0.2) is 0 Å². The number of carbonyl (C=O) groups is 1. The number of benzene rings is 1. The van der Waals surface area contributed by atoms with E-state index in [-0.39, 0.29) is 23.1 Å². The Morgan fingerprint density at radius 2 is 2.04 bits per heavy atom. The summed E-state index contributed by atoms with van der Waals surface area (Å²) in [6, 6.07) is 14.0. The van der Waals surface area contributed by atoms with E-state index in [0.29, 0.717) is 6.04 Å². The van der Waals surface area contributed by atoms with Gasteiger partial charge in [0.05, 0.1) is 0 Å². The van der Waals surface area contributed by atoms with Crippen LogP contribution in [0.1, 0.15) is 35.3 Å². The van der Waals surface area contributed by atoms with Crippen LogP contribution in [0.15, 0.2) is 53.5 Å². The topological polar surface area (TPSA) is 65.2 Å². The van der Waals surface area contributed by atoms with Crippen LogP contribution in [0.25, 0.3) is 0 Å². The highest BCUT2D eigenvalue weighted by Gasteiger charge is 2.28. The number of likely N-dealkylation sites (tertiary alicyclic amines) is 1. The van der Waals surface area contributed by atoms with Crippen LogP contribution >= 0.6 is 0 Å². The van der Waals surface area contributed by atoms with E-state index in [1.54, 1.807) is 12.1 Å². The number of hydrogen-bond donors (Lipinski definition) is 2. The third-order valence-electron chi connectivity index (χ3n) is 4.45. The second-order valence-electron chi connectivity index (χ2n) is 5.95. The molecule has 3 rings (SSSR count). The maximum Gasteiger partial charge on any atom is 0.260 e. The molecule has 1 aromatic heterocycles. The molecule has 120 valence electrons. The highest BCUT2D eigenvalue weighted by atomic mass is 16.2. The van der Waals surface area contributed by atoms with Crippen molar-refractivity contribution >= 4 is 5.91 Å². The predicted octanol–water partition coefficient (Wildman–Crippen LogP) is 1.94. The minimum absolute atomic E-state index is 0.0771. The molecule has 0 spiro atoms. The molecular weight excluding hydrogens is 290 g/mol. The largest absolute Gasteiger partial charge is 0.348 e. The molecule has 1 aliphatic rings. The smallest absolute Gasteiger partial charge is 0.260 e. The van der Waals surface area contributed by atoms with E-state index in [1.807, 2.05) is 18.2 Å². The third-order valence-corrected chi connectivity index (χ3v) is 4.45. The predicted molar refractivity (Wildman–Crippen MR) is 89.4 cm³/mol. The van der Waals surface area contributed by atoms with Gasteiger partial charge in [0.1, 0.15) is 5.56 Å². The van der Waals surface area contributed by atoms with Gasteiger partial charge in [0.15, 0.2) is 0 Å². The number of pyridine rings is 1. The number of hydrogen-bond acceptors (Lipinski definition) is 3. The van der Waals surface area contributed by atoms with Gasteiger partial charge in [-0.05, 0) is 31.0 Å². The Morgan fingerprint density at radius 3 is 2.78 bits per heavy atom. The van der Waals surface area contributed by atoms with E-state index in [9.17, 15) is 9.59 Å². The van der Waals surface area contributed by atoms with Crippen molar-refractivity contribution in [1.82, 2.24) is 15.2 Å². The van der Waals surface area contributed by atoms with Gasteiger partial charge >= 0.3 is 0 Å². The van der Waals surface area contributed by atoms with Gasteiger partial charge < -0.3 is 10.3 Å². The molecule has 23 heavy (non-hydrogen) atoms. The minimum Gasteiger partial charge on any atom is -0.348 e. The molecule has 0 aliphatic carbocycles. The average molecular weight is 311 g/mol. The van der Waals surface area contributed by atoms with Crippen molar-refractivity contribution in [2.45, 2.75) is 25.4 Å². The van der Waals surface area contributed by atoms with E-state index < -0.39 is 0 Å². The Bertz CT molecular complexity index is 726. The monoisotopic (exact) mass is 311 g/mol. The molecule has 1 saturated heterocycles. The molecule has 2 N–H and O–H groups in total. The normalized spacial score (nSPS) is 19.4. The summed E-state index contributed by atoms with van der Waals surface area (Å²) < 4.78 is 0. The van der Waals surface area contributed by atoms with Crippen LogP contribution in [0.5, 0.6) is 0 Å². The van der Waals surface area contributed by atoms with Gasteiger partial charge in [-0.1, -0.05) is 30.3 Å². The molecule has 1 aromatic carbocycles. The molecule has 0 saturated carbocycles. The molecule has 2 atom stereocenters.